The molecule has 1 fully saturated rings. The molecule has 0 radical (unpaired) electrons. The molecule has 0 aromatic heterocycles. The van der Waals surface area contributed by atoms with Gasteiger partial charge in [0.05, 0.1) is 16.1 Å². The average molecular weight is 387 g/mol. The van der Waals surface area contributed by atoms with Crippen molar-refractivity contribution in [3.8, 4) is 0 Å². The van der Waals surface area contributed by atoms with Crippen molar-refractivity contribution >= 4 is 29.1 Å². The minimum atomic E-state index is -0.482. The van der Waals surface area contributed by atoms with Gasteiger partial charge in [0.1, 0.15) is 0 Å². The van der Waals surface area contributed by atoms with Crippen LogP contribution in [0.5, 0.6) is 0 Å². The molecule has 0 spiro atoms. The minimum absolute atomic E-state index is 0.0850. The lowest BCUT2D eigenvalue weighted by atomic mass is 9.75. The Bertz CT molecular complexity index is 585. The van der Waals surface area contributed by atoms with Crippen molar-refractivity contribution < 1.29 is 9.53 Å². The quantitative estimate of drug-likeness (QED) is 0.745. The summed E-state index contributed by atoms with van der Waals surface area (Å²) in [5, 5.41) is 4.15. The average Bonchev–Trinajstić information content (AvgIpc) is 2.65. The van der Waals surface area contributed by atoms with E-state index in [9.17, 15) is 4.79 Å². The van der Waals surface area contributed by atoms with E-state index in [2.05, 4.69) is 19.2 Å². The molecule has 6 heteroatoms. The molecule has 1 aliphatic rings. The molecular weight excluding hydrogens is 359 g/mol. The summed E-state index contributed by atoms with van der Waals surface area (Å²) in [5.74, 6) is 0.106. The van der Waals surface area contributed by atoms with E-state index in [0.29, 0.717) is 29.8 Å². The van der Waals surface area contributed by atoms with E-state index in [1.807, 2.05) is 18.2 Å². The first kappa shape index (κ1) is 20.5. The molecule has 1 aromatic rings. The number of hydrogen-bond donors (Lipinski definition) is 2. The molecule has 4 nitrogen and oxygen atoms in total. The van der Waals surface area contributed by atoms with Crippen LogP contribution in [-0.2, 0) is 14.9 Å². The highest BCUT2D eigenvalue weighted by Crippen LogP contribution is 2.35. The van der Waals surface area contributed by atoms with Crippen molar-refractivity contribution in [1.82, 2.24) is 5.32 Å². The van der Waals surface area contributed by atoms with E-state index in [1.165, 1.54) is 0 Å². The number of halogens is 2. The maximum atomic E-state index is 12.5. The summed E-state index contributed by atoms with van der Waals surface area (Å²) in [7, 11) is 0. The molecule has 1 heterocycles. The van der Waals surface area contributed by atoms with Crippen molar-refractivity contribution in [2.45, 2.75) is 51.0 Å². The smallest absolute Gasteiger partial charge is 0.237 e. The van der Waals surface area contributed by atoms with Crippen LogP contribution in [-0.4, -0.2) is 31.7 Å². The van der Waals surface area contributed by atoms with Gasteiger partial charge in [-0.3, -0.25) is 4.79 Å². The highest BCUT2D eigenvalue weighted by Gasteiger charge is 2.32. The van der Waals surface area contributed by atoms with Gasteiger partial charge in [0.25, 0.3) is 0 Å². The third-order valence-electron chi connectivity index (χ3n) is 5.56. The van der Waals surface area contributed by atoms with Gasteiger partial charge in [0.2, 0.25) is 5.91 Å². The summed E-state index contributed by atoms with van der Waals surface area (Å²) < 4.78 is 5.35. The summed E-state index contributed by atoms with van der Waals surface area (Å²) in [6, 6.07) is 5.23. The molecular formula is C19H28Cl2N2O2. The first-order valence-corrected chi connectivity index (χ1v) is 9.75. The van der Waals surface area contributed by atoms with Crippen LogP contribution in [0.15, 0.2) is 18.2 Å². The van der Waals surface area contributed by atoms with Crippen LogP contribution in [0.2, 0.25) is 10.0 Å². The Morgan fingerprint density at radius 1 is 1.28 bits per heavy atom. The van der Waals surface area contributed by atoms with E-state index in [4.69, 9.17) is 33.7 Å². The summed E-state index contributed by atoms with van der Waals surface area (Å²) in [6.45, 7) is 6.15. The van der Waals surface area contributed by atoms with Gasteiger partial charge in [-0.15, -0.1) is 0 Å². The highest BCUT2D eigenvalue weighted by atomic mass is 35.5. The number of nitrogens with two attached hydrogens (primary N) is 1. The number of amides is 1. The van der Waals surface area contributed by atoms with Crippen LogP contribution < -0.4 is 11.1 Å². The van der Waals surface area contributed by atoms with Gasteiger partial charge in [-0.25, -0.2) is 0 Å². The lowest BCUT2D eigenvalue weighted by molar-refractivity contribution is -0.124. The number of carbonyl (C=O) groups is 1. The minimum Gasteiger partial charge on any atom is -0.381 e. The molecule has 1 aliphatic heterocycles. The lowest BCUT2D eigenvalue weighted by Gasteiger charge is -2.34. The number of ether oxygens (including phenoxy) is 1. The van der Waals surface area contributed by atoms with E-state index >= 15 is 0 Å². The molecule has 0 aliphatic carbocycles. The first-order chi connectivity index (χ1) is 11.9. The number of nitrogens with one attached hydrogen (secondary N) is 1. The van der Waals surface area contributed by atoms with Crippen molar-refractivity contribution in [1.29, 1.82) is 0 Å². The van der Waals surface area contributed by atoms with Gasteiger partial charge in [0.15, 0.2) is 0 Å². The molecule has 3 N–H and O–H groups in total. The number of carbonyl (C=O) groups excluding carboxylic acids is 1. The molecule has 2 rings (SSSR count). The van der Waals surface area contributed by atoms with Gasteiger partial charge in [-0.05, 0) is 49.3 Å². The maximum absolute atomic E-state index is 12.5. The van der Waals surface area contributed by atoms with Crippen molar-refractivity contribution in [2.24, 2.45) is 11.7 Å². The third kappa shape index (κ3) is 4.88. The molecule has 140 valence electrons. The highest BCUT2D eigenvalue weighted by molar-refractivity contribution is 6.42. The normalized spacial score (nSPS) is 17.3. The van der Waals surface area contributed by atoms with Crippen LogP contribution in [0.1, 0.15) is 45.1 Å². The molecule has 1 unspecified atom stereocenters. The summed E-state index contributed by atoms with van der Waals surface area (Å²) in [4.78, 5) is 12.5. The fourth-order valence-electron chi connectivity index (χ4n) is 3.50. The molecule has 0 saturated carbocycles. The van der Waals surface area contributed by atoms with Crippen LogP contribution in [0.4, 0.5) is 0 Å². The molecule has 1 atom stereocenters. The van der Waals surface area contributed by atoms with E-state index < -0.39 is 6.04 Å². The van der Waals surface area contributed by atoms with E-state index in [0.717, 1.165) is 31.2 Å². The SMILES string of the molecule is CCC(CC)(CNC(=O)C(N)C1CCOCC1)c1ccc(Cl)c(Cl)c1. The predicted octanol–water partition coefficient (Wildman–Crippen LogP) is 3.92. The Balaban J connectivity index is 2.07. The monoisotopic (exact) mass is 386 g/mol. The zero-order valence-electron chi connectivity index (χ0n) is 15.0. The predicted molar refractivity (Wildman–Crippen MR) is 103 cm³/mol. The topological polar surface area (TPSA) is 64.4 Å². The van der Waals surface area contributed by atoms with E-state index in [1.54, 1.807) is 0 Å². The van der Waals surface area contributed by atoms with Crippen molar-refractivity contribution in [2.75, 3.05) is 19.8 Å². The third-order valence-corrected chi connectivity index (χ3v) is 6.30. The Morgan fingerprint density at radius 2 is 1.92 bits per heavy atom. The first-order valence-electron chi connectivity index (χ1n) is 9.00. The Hall–Kier alpha value is -0.810. The van der Waals surface area contributed by atoms with Crippen molar-refractivity contribution in [3.05, 3.63) is 33.8 Å². The van der Waals surface area contributed by atoms with Gasteiger partial charge < -0.3 is 15.8 Å². The second-order valence-corrected chi connectivity index (χ2v) is 7.62. The van der Waals surface area contributed by atoms with Gasteiger partial charge in [-0.1, -0.05) is 43.1 Å². The zero-order chi connectivity index (χ0) is 18.4. The van der Waals surface area contributed by atoms with Crippen LogP contribution in [0.25, 0.3) is 0 Å². The second kappa shape index (κ2) is 9.22. The fourth-order valence-corrected chi connectivity index (χ4v) is 3.80. The number of rotatable bonds is 7. The molecule has 0 bridgehead atoms. The Morgan fingerprint density at radius 3 is 2.48 bits per heavy atom. The number of benzene rings is 1. The van der Waals surface area contributed by atoms with Crippen molar-refractivity contribution in [3.63, 3.8) is 0 Å². The van der Waals surface area contributed by atoms with Gasteiger partial charge in [-0.2, -0.15) is 0 Å². The second-order valence-electron chi connectivity index (χ2n) is 6.81. The zero-order valence-corrected chi connectivity index (χ0v) is 16.5. The van der Waals surface area contributed by atoms with E-state index in [-0.39, 0.29) is 17.2 Å². The summed E-state index contributed by atoms with van der Waals surface area (Å²) >= 11 is 12.2. The van der Waals surface area contributed by atoms with Crippen LogP contribution in [0, 0.1) is 5.92 Å². The molecule has 25 heavy (non-hydrogen) atoms. The number of hydrogen-bond acceptors (Lipinski definition) is 3. The maximum Gasteiger partial charge on any atom is 0.237 e. The summed E-state index contributed by atoms with van der Waals surface area (Å²) in [6.07, 6.45) is 3.45. The molecule has 1 amide bonds. The van der Waals surface area contributed by atoms with Gasteiger partial charge in [0, 0.05) is 25.2 Å². The molecule has 1 aromatic carbocycles. The Labute approximate surface area is 160 Å². The van der Waals surface area contributed by atoms with Crippen LogP contribution >= 0.6 is 23.2 Å². The molecule has 1 saturated heterocycles. The largest absolute Gasteiger partial charge is 0.381 e. The fraction of sp³-hybridized carbons (Fsp3) is 0.632. The standard InChI is InChI=1S/C19H28Cl2N2O2/c1-3-19(4-2,14-5-6-15(20)16(21)11-14)12-23-18(24)17(22)13-7-9-25-10-8-13/h5-6,11,13,17H,3-4,7-10,12,22H2,1-2H3,(H,23,24). The van der Waals surface area contributed by atoms with Crippen LogP contribution in [0.3, 0.4) is 0 Å². The summed E-state index contributed by atoms with van der Waals surface area (Å²) in [5.41, 5.74) is 7.09. The van der Waals surface area contributed by atoms with Gasteiger partial charge >= 0.3 is 0 Å². The lowest BCUT2D eigenvalue weighted by Crippen LogP contribution is -2.50. The Kier molecular flexibility index (Phi) is 7.56.